The third kappa shape index (κ3) is 4.07. The van der Waals surface area contributed by atoms with Gasteiger partial charge < -0.3 is 0 Å². The minimum atomic E-state index is -0.0997. The molecule has 0 saturated heterocycles. The summed E-state index contributed by atoms with van der Waals surface area (Å²) in [7, 11) is 2.15. The molecular formula is C13H19BF. The zero-order valence-corrected chi connectivity index (χ0v) is 9.72. The number of hydrogen-bond acceptors (Lipinski definition) is 0. The lowest BCUT2D eigenvalue weighted by atomic mass is 9.64. The van der Waals surface area contributed by atoms with Crippen LogP contribution < -0.4 is 5.46 Å². The van der Waals surface area contributed by atoms with Gasteiger partial charge in [0.05, 0.1) is 0 Å². The van der Waals surface area contributed by atoms with Crippen LogP contribution in [0, 0.1) is 12.7 Å². The molecule has 1 aromatic rings. The Hall–Kier alpha value is -0.785. The van der Waals surface area contributed by atoms with E-state index in [1.807, 2.05) is 13.0 Å². The average molecular weight is 205 g/mol. The van der Waals surface area contributed by atoms with Gasteiger partial charge in [0.25, 0.3) is 0 Å². The molecule has 0 saturated carbocycles. The Morgan fingerprint density at radius 2 is 2.00 bits per heavy atom. The molecule has 0 aliphatic rings. The zero-order valence-electron chi connectivity index (χ0n) is 9.72. The summed E-state index contributed by atoms with van der Waals surface area (Å²) in [6.45, 7) is 4.05. The molecule has 0 nitrogen and oxygen atoms in total. The largest absolute Gasteiger partial charge is 0.207 e. The molecule has 0 aromatic heterocycles. The number of unbranched alkanes of at least 4 members (excludes halogenated alkanes) is 3. The smallest absolute Gasteiger partial charge is 0.152 e. The normalized spacial score (nSPS) is 10.3. The van der Waals surface area contributed by atoms with Crippen LogP contribution in [0.1, 0.15) is 38.2 Å². The first-order valence-corrected chi connectivity index (χ1v) is 5.84. The lowest BCUT2D eigenvalue weighted by Gasteiger charge is -2.05. The second kappa shape index (κ2) is 6.65. The quantitative estimate of drug-likeness (QED) is 0.492. The highest BCUT2D eigenvalue weighted by Gasteiger charge is 2.03. The summed E-state index contributed by atoms with van der Waals surface area (Å²) >= 11 is 0. The van der Waals surface area contributed by atoms with Crippen LogP contribution in [0.5, 0.6) is 0 Å². The highest BCUT2D eigenvalue weighted by molar-refractivity contribution is 6.53. The molecule has 15 heavy (non-hydrogen) atoms. The van der Waals surface area contributed by atoms with Gasteiger partial charge >= 0.3 is 0 Å². The van der Waals surface area contributed by atoms with Crippen LogP contribution in [0.25, 0.3) is 0 Å². The summed E-state index contributed by atoms with van der Waals surface area (Å²) in [6.07, 6.45) is 6.12. The van der Waals surface area contributed by atoms with Crippen LogP contribution in [0.4, 0.5) is 4.39 Å². The van der Waals surface area contributed by atoms with E-state index in [4.69, 9.17) is 0 Å². The fourth-order valence-electron chi connectivity index (χ4n) is 1.67. The monoisotopic (exact) mass is 205 g/mol. The molecular weight excluding hydrogens is 186 g/mol. The number of benzene rings is 1. The second-order valence-electron chi connectivity index (χ2n) is 4.01. The first kappa shape index (κ1) is 12.3. The minimum Gasteiger partial charge on any atom is -0.207 e. The van der Waals surface area contributed by atoms with Gasteiger partial charge in [-0.15, -0.1) is 0 Å². The van der Waals surface area contributed by atoms with Crippen LogP contribution in [-0.4, -0.2) is 7.28 Å². The lowest BCUT2D eigenvalue weighted by Crippen LogP contribution is -2.18. The van der Waals surface area contributed by atoms with E-state index in [2.05, 4.69) is 14.2 Å². The number of hydrogen-bond donors (Lipinski definition) is 0. The van der Waals surface area contributed by atoms with E-state index >= 15 is 0 Å². The van der Waals surface area contributed by atoms with Crippen molar-refractivity contribution in [3.8, 4) is 0 Å². The first-order valence-electron chi connectivity index (χ1n) is 5.84. The highest BCUT2D eigenvalue weighted by Crippen LogP contribution is 2.05. The van der Waals surface area contributed by atoms with Crippen molar-refractivity contribution in [2.45, 2.75) is 45.9 Å². The van der Waals surface area contributed by atoms with Crippen molar-refractivity contribution in [3.63, 3.8) is 0 Å². The maximum absolute atomic E-state index is 13.2. The van der Waals surface area contributed by atoms with Gasteiger partial charge in [-0.3, -0.25) is 0 Å². The molecule has 1 aromatic carbocycles. The molecule has 2 heteroatoms. The Balaban J connectivity index is 2.34. The zero-order chi connectivity index (χ0) is 11.1. The molecule has 0 amide bonds. The van der Waals surface area contributed by atoms with E-state index < -0.39 is 0 Å². The third-order valence-corrected chi connectivity index (χ3v) is 2.73. The highest BCUT2D eigenvalue weighted by atomic mass is 19.1. The Morgan fingerprint density at radius 1 is 1.20 bits per heavy atom. The fourth-order valence-corrected chi connectivity index (χ4v) is 1.67. The van der Waals surface area contributed by atoms with Crippen LogP contribution in [0.3, 0.4) is 0 Å². The molecule has 81 valence electrons. The van der Waals surface area contributed by atoms with Crippen LogP contribution >= 0.6 is 0 Å². The van der Waals surface area contributed by atoms with Gasteiger partial charge in [-0.25, -0.2) is 4.39 Å². The van der Waals surface area contributed by atoms with Gasteiger partial charge in [-0.2, -0.15) is 0 Å². The predicted molar refractivity (Wildman–Crippen MR) is 65.5 cm³/mol. The van der Waals surface area contributed by atoms with Crippen molar-refractivity contribution in [1.29, 1.82) is 0 Å². The Bertz CT molecular complexity index is 297. The number of rotatable bonds is 6. The Morgan fingerprint density at radius 3 is 2.73 bits per heavy atom. The van der Waals surface area contributed by atoms with Gasteiger partial charge in [0.1, 0.15) is 5.82 Å². The van der Waals surface area contributed by atoms with Crippen molar-refractivity contribution in [2.24, 2.45) is 0 Å². The van der Waals surface area contributed by atoms with Crippen LogP contribution in [-0.2, 0) is 0 Å². The molecule has 1 radical (unpaired) electrons. The second-order valence-corrected chi connectivity index (χ2v) is 4.01. The average Bonchev–Trinajstić information content (AvgIpc) is 2.24. The van der Waals surface area contributed by atoms with Gasteiger partial charge in [0.15, 0.2) is 7.28 Å². The fraction of sp³-hybridized carbons (Fsp3) is 0.538. The van der Waals surface area contributed by atoms with Crippen molar-refractivity contribution in [1.82, 2.24) is 0 Å². The van der Waals surface area contributed by atoms with Gasteiger partial charge in [-0.05, 0) is 18.6 Å². The van der Waals surface area contributed by atoms with E-state index in [9.17, 15) is 4.39 Å². The van der Waals surface area contributed by atoms with E-state index in [-0.39, 0.29) is 5.82 Å². The summed E-state index contributed by atoms with van der Waals surface area (Å²) in [5.41, 5.74) is 1.82. The predicted octanol–water partition coefficient (Wildman–Crippen LogP) is 3.46. The van der Waals surface area contributed by atoms with E-state index in [0.29, 0.717) is 0 Å². The molecule has 0 unspecified atom stereocenters. The Labute approximate surface area is 93.1 Å². The molecule has 0 atom stereocenters. The van der Waals surface area contributed by atoms with Crippen molar-refractivity contribution in [3.05, 3.63) is 29.6 Å². The minimum absolute atomic E-state index is 0.0997. The lowest BCUT2D eigenvalue weighted by molar-refractivity contribution is 0.620. The van der Waals surface area contributed by atoms with Crippen molar-refractivity contribution in [2.75, 3.05) is 0 Å². The van der Waals surface area contributed by atoms with Gasteiger partial charge in [0, 0.05) is 0 Å². The first-order chi connectivity index (χ1) is 7.25. The maximum atomic E-state index is 13.2. The van der Waals surface area contributed by atoms with Crippen LogP contribution in [0.2, 0.25) is 6.32 Å². The summed E-state index contributed by atoms with van der Waals surface area (Å²) < 4.78 is 13.2. The molecule has 0 aliphatic heterocycles. The standard InChI is InChI=1S/C13H19BF/c1-3-4-5-6-10-14-12-8-7-9-13(15)11(12)2/h7-9H,3-6,10H2,1-2H3. The molecule has 1 rings (SSSR count). The molecule has 0 spiro atoms. The van der Waals surface area contributed by atoms with Gasteiger partial charge in [0.2, 0.25) is 0 Å². The maximum Gasteiger partial charge on any atom is 0.152 e. The number of halogens is 1. The SMILES string of the molecule is CCCCCC[B]c1cccc(F)c1C. The summed E-state index contributed by atoms with van der Waals surface area (Å²) in [4.78, 5) is 0. The molecule has 0 bridgehead atoms. The van der Waals surface area contributed by atoms with E-state index in [0.717, 1.165) is 17.3 Å². The third-order valence-electron chi connectivity index (χ3n) is 2.73. The topological polar surface area (TPSA) is 0 Å². The molecule has 0 aliphatic carbocycles. The summed E-state index contributed by atoms with van der Waals surface area (Å²) in [5.74, 6) is -0.0997. The van der Waals surface area contributed by atoms with E-state index in [1.165, 1.54) is 31.7 Å². The van der Waals surface area contributed by atoms with Crippen molar-refractivity contribution < 1.29 is 4.39 Å². The Kier molecular flexibility index (Phi) is 5.45. The van der Waals surface area contributed by atoms with Crippen LogP contribution in [0.15, 0.2) is 18.2 Å². The molecule has 0 N–H and O–H groups in total. The van der Waals surface area contributed by atoms with Gasteiger partial charge in [-0.1, -0.05) is 56.5 Å². The molecule has 0 heterocycles. The van der Waals surface area contributed by atoms with E-state index in [1.54, 1.807) is 6.07 Å². The molecule has 0 fully saturated rings. The summed E-state index contributed by atoms with van der Waals surface area (Å²) in [6, 6.07) is 5.28. The summed E-state index contributed by atoms with van der Waals surface area (Å²) in [5, 5.41) is 0. The van der Waals surface area contributed by atoms with Crippen molar-refractivity contribution >= 4 is 12.7 Å².